The van der Waals surface area contributed by atoms with E-state index in [4.69, 9.17) is 4.74 Å². The molecular formula is C18H29N3O2. The maximum Gasteiger partial charge on any atom is 0.328 e. The van der Waals surface area contributed by atoms with E-state index in [1.807, 2.05) is 19.1 Å². The van der Waals surface area contributed by atoms with E-state index in [1.165, 1.54) is 12.8 Å². The molecule has 128 valence electrons. The molecule has 1 atom stereocenters. The van der Waals surface area contributed by atoms with E-state index in [1.54, 1.807) is 0 Å². The molecule has 0 saturated carbocycles. The van der Waals surface area contributed by atoms with Crippen LogP contribution in [0.15, 0.2) is 24.3 Å². The third kappa shape index (κ3) is 4.61. The fourth-order valence-corrected chi connectivity index (χ4v) is 2.96. The number of piperazine rings is 1. The molecule has 1 aromatic rings. The Kier molecular flexibility index (Phi) is 6.28. The van der Waals surface area contributed by atoms with Crippen molar-refractivity contribution in [1.82, 2.24) is 4.90 Å². The van der Waals surface area contributed by atoms with Crippen LogP contribution in [-0.2, 0) is 9.53 Å². The fourth-order valence-electron chi connectivity index (χ4n) is 2.96. The third-order valence-corrected chi connectivity index (χ3v) is 4.49. The molecule has 0 spiro atoms. The summed E-state index contributed by atoms with van der Waals surface area (Å²) in [4.78, 5) is 16.6. The molecule has 0 aliphatic carbocycles. The van der Waals surface area contributed by atoms with Crippen molar-refractivity contribution >= 4 is 17.3 Å². The highest BCUT2D eigenvalue weighted by molar-refractivity contribution is 5.79. The average molecular weight is 319 g/mol. The van der Waals surface area contributed by atoms with E-state index in [0.29, 0.717) is 12.5 Å². The molecule has 1 saturated heterocycles. The second-order valence-electron chi connectivity index (χ2n) is 6.30. The molecule has 5 heteroatoms. The zero-order chi connectivity index (χ0) is 16.8. The van der Waals surface area contributed by atoms with Crippen molar-refractivity contribution in [1.29, 1.82) is 0 Å². The molecule has 0 unspecified atom stereocenters. The van der Waals surface area contributed by atoms with Gasteiger partial charge in [-0.05, 0) is 38.5 Å². The van der Waals surface area contributed by atoms with E-state index in [0.717, 1.165) is 31.9 Å². The van der Waals surface area contributed by atoms with Crippen molar-refractivity contribution in [2.75, 3.05) is 43.5 Å². The van der Waals surface area contributed by atoms with Crippen LogP contribution in [0.1, 0.15) is 27.2 Å². The summed E-state index contributed by atoms with van der Waals surface area (Å²) in [5.74, 6) is -0.219. The van der Waals surface area contributed by atoms with Crippen molar-refractivity contribution in [2.24, 2.45) is 0 Å². The molecule has 23 heavy (non-hydrogen) atoms. The number of nitrogens with one attached hydrogen (secondary N) is 1. The van der Waals surface area contributed by atoms with Gasteiger partial charge in [0, 0.05) is 43.6 Å². The van der Waals surface area contributed by atoms with Crippen LogP contribution in [0.2, 0.25) is 0 Å². The standard InChI is InChI=1S/C18H29N3O2/c1-5-17(18(22)23-4)19-15-7-6-8-16(13-15)21-11-9-20(10-12-21)14(2)3/h6-8,13-14,17,19H,5,9-12H2,1-4H3/t17-/m1/s1. The number of ether oxygens (including phenoxy) is 1. The van der Waals surface area contributed by atoms with Crippen LogP contribution >= 0.6 is 0 Å². The van der Waals surface area contributed by atoms with E-state index < -0.39 is 0 Å². The zero-order valence-electron chi connectivity index (χ0n) is 14.7. The van der Waals surface area contributed by atoms with Gasteiger partial charge in [-0.1, -0.05) is 13.0 Å². The smallest absolute Gasteiger partial charge is 0.328 e. The zero-order valence-corrected chi connectivity index (χ0v) is 14.7. The van der Waals surface area contributed by atoms with Gasteiger partial charge in [0.05, 0.1) is 7.11 Å². The maximum atomic E-state index is 11.7. The van der Waals surface area contributed by atoms with Crippen molar-refractivity contribution in [3.05, 3.63) is 24.3 Å². The molecule has 2 rings (SSSR count). The Balaban J connectivity index is 2.01. The van der Waals surface area contributed by atoms with E-state index in [-0.39, 0.29) is 12.0 Å². The number of nitrogens with zero attached hydrogens (tertiary/aromatic N) is 2. The molecule has 1 heterocycles. The monoisotopic (exact) mass is 319 g/mol. The molecule has 0 amide bonds. The van der Waals surface area contributed by atoms with Gasteiger partial charge in [-0.25, -0.2) is 4.79 Å². The Morgan fingerprint density at radius 1 is 1.26 bits per heavy atom. The topological polar surface area (TPSA) is 44.8 Å². The van der Waals surface area contributed by atoms with E-state index in [9.17, 15) is 4.79 Å². The van der Waals surface area contributed by atoms with Crippen molar-refractivity contribution < 1.29 is 9.53 Å². The molecule has 0 radical (unpaired) electrons. The largest absolute Gasteiger partial charge is 0.467 e. The van der Waals surface area contributed by atoms with Crippen LogP contribution in [0.25, 0.3) is 0 Å². The highest BCUT2D eigenvalue weighted by Gasteiger charge is 2.20. The Hall–Kier alpha value is -1.75. The lowest BCUT2D eigenvalue weighted by molar-refractivity contribution is -0.141. The van der Waals surface area contributed by atoms with Gasteiger partial charge in [-0.3, -0.25) is 4.90 Å². The summed E-state index contributed by atoms with van der Waals surface area (Å²) in [7, 11) is 1.43. The molecule has 1 aromatic carbocycles. The highest BCUT2D eigenvalue weighted by Crippen LogP contribution is 2.22. The first-order valence-electron chi connectivity index (χ1n) is 8.48. The SMILES string of the molecule is CC[C@@H](Nc1cccc(N2CCN(C(C)C)CC2)c1)C(=O)OC. The number of benzene rings is 1. The van der Waals surface area contributed by atoms with E-state index in [2.05, 4.69) is 41.1 Å². The maximum absolute atomic E-state index is 11.7. The molecule has 1 N–H and O–H groups in total. The van der Waals surface area contributed by atoms with Gasteiger partial charge >= 0.3 is 5.97 Å². The van der Waals surface area contributed by atoms with Crippen molar-refractivity contribution in [3.63, 3.8) is 0 Å². The molecule has 0 aromatic heterocycles. The third-order valence-electron chi connectivity index (χ3n) is 4.49. The Labute approximate surface area is 139 Å². The summed E-state index contributed by atoms with van der Waals surface area (Å²) < 4.78 is 4.84. The summed E-state index contributed by atoms with van der Waals surface area (Å²) in [5.41, 5.74) is 2.17. The second-order valence-corrected chi connectivity index (χ2v) is 6.30. The Morgan fingerprint density at radius 2 is 1.96 bits per heavy atom. The number of hydrogen-bond acceptors (Lipinski definition) is 5. The number of rotatable bonds is 6. The van der Waals surface area contributed by atoms with Crippen LogP contribution in [0.4, 0.5) is 11.4 Å². The van der Waals surface area contributed by atoms with Crippen LogP contribution in [0.5, 0.6) is 0 Å². The second kappa shape index (κ2) is 8.20. The first-order chi connectivity index (χ1) is 11.0. The van der Waals surface area contributed by atoms with Gasteiger partial charge in [0.2, 0.25) is 0 Å². The van der Waals surface area contributed by atoms with Gasteiger partial charge in [-0.2, -0.15) is 0 Å². The van der Waals surface area contributed by atoms with Crippen molar-refractivity contribution in [3.8, 4) is 0 Å². The average Bonchev–Trinajstić information content (AvgIpc) is 2.59. The van der Waals surface area contributed by atoms with Gasteiger partial charge in [-0.15, -0.1) is 0 Å². The highest BCUT2D eigenvalue weighted by atomic mass is 16.5. The first kappa shape index (κ1) is 17.6. The summed E-state index contributed by atoms with van der Waals surface area (Å²) in [6.45, 7) is 10.7. The number of carbonyl (C=O) groups excluding carboxylic acids is 1. The number of methoxy groups -OCH3 is 1. The van der Waals surface area contributed by atoms with Gasteiger partial charge in [0.1, 0.15) is 6.04 Å². The quantitative estimate of drug-likeness (QED) is 0.817. The summed E-state index contributed by atoms with van der Waals surface area (Å²) in [5, 5.41) is 3.27. The summed E-state index contributed by atoms with van der Waals surface area (Å²) >= 11 is 0. The lowest BCUT2D eigenvalue weighted by atomic mass is 10.1. The molecular weight excluding hydrogens is 290 g/mol. The predicted molar refractivity (Wildman–Crippen MR) is 95.1 cm³/mol. The normalized spacial score (nSPS) is 17.2. The van der Waals surface area contributed by atoms with Gasteiger partial charge in [0.15, 0.2) is 0 Å². The van der Waals surface area contributed by atoms with Gasteiger partial charge < -0.3 is 15.0 Å². The lowest BCUT2D eigenvalue weighted by Gasteiger charge is -2.38. The lowest BCUT2D eigenvalue weighted by Crippen LogP contribution is -2.48. The molecule has 1 aliphatic heterocycles. The van der Waals surface area contributed by atoms with Crippen LogP contribution in [-0.4, -0.2) is 56.2 Å². The number of anilines is 2. The molecule has 1 fully saturated rings. The van der Waals surface area contributed by atoms with Crippen molar-refractivity contribution in [2.45, 2.75) is 39.3 Å². The number of carbonyl (C=O) groups is 1. The predicted octanol–water partition coefficient (Wildman–Crippen LogP) is 2.58. The molecule has 1 aliphatic rings. The number of hydrogen-bond donors (Lipinski definition) is 1. The molecule has 0 bridgehead atoms. The van der Waals surface area contributed by atoms with E-state index >= 15 is 0 Å². The number of esters is 1. The Bertz CT molecular complexity index is 511. The van der Waals surface area contributed by atoms with Crippen LogP contribution in [0, 0.1) is 0 Å². The Morgan fingerprint density at radius 3 is 2.52 bits per heavy atom. The van der Waals surface area contributed by atoms with Crippen LogP contribution in [0.3, 0.4) is 0 Å². The first-order valence-corrected chi connectivity index (χ1v) is 8.48. The summed E-state index contributed by atoms with van der Waals surface area (Å²) in [6.07, 6.45) is 0.698. The minimum absolute atomic E-state index is 0.219. The minimum atomic E-state index is -0.298. The minimum Gasteiger partial charge on any atom is -0.467 e. The fraction of sp³-hybridized carbons (Fsp3) is 0.611. The van der Waals surface area contributed by atoms with Gasteiger partial charge in [0.25, 0.3) is 0 Å². The molecule has 5 nitrogen and oxygen atoms in total. The summed E-state index contributed by atoms with van der Waals surface area (Å²) in [6, 6.07) is 8.60. The van der Waals surface area contributed by atoms with Crippen LogP contribution < -0.4 is 10.2 Å².